The molecule has 1 fully saturated rings. The number of rotatable bonds is 9. The molecule has 6 nitrogen and oxygen atoms in total. The molecule has 2 aromatic carbocycles. The average Bonchev–Trinajstić information content (AvgIpc) is 3.25. The largest absolute Gasteiger partial charge is 0.485 e. The molecule has 7 heteroatoms. The molecular weight excluding hydrogens is 420 g/mol. The fourth-order valence-corrected chi connectivity index (χ4v) is 4.82. The zero-order valence-corrected chi connectivity index (χ0v) is 19.3. The van der Waals surface area contributed by atoms with Gasteiger partial charge in [-0.15, -0.1) is 10.2 Å². The number of aromatic nitrogens is 3. The van der Waals surface area contributed by atoms with Crippen molar-refractivity contribution in [2.75, 3.05) is 12.3 Å². The maximum atomic E-state index is 12.4. The van der Waals surface area contributed by atoms with Gasteiger partial charge in [-0.2, -0.15) is 0 Å². The van der Waals surface area contributed by atoms with Gasteiger partial charge < -0.3 is 10.1 Å². The summed E-state index contributed by atoms with van der Waals surface area (Å²) in [7, 11) is 0. The van der Waals surface area contributed by atoms with Crippen molar-refractivity contribution in [1.29, 1.82) is 0 Å². The van der Waals surface area contributed by atoms with Gasteiger partial charge in [0.2, 0.25) is 5.91 Å². The van der Waals surface area contributed by atoms with E-state index in [4.69, 9.17) is 4.74 Å². The number of carbonyl (C=O) groups excluding carboxylic acids is 1. The normalized spacial score (nSPS) is 14.3. The number of nitrogens with zero attached hydrogens (tertiary/aromatic N) is 3. The van der Waals surface area contributed by atoms with Crippen molar-refractivity contribution >= 4 is 17.7 Å². The van der Waals surface area contributed by atoms with Crippen molar-refractivity contribution in [3.05, 3.63) is 66.0 Å². The van der Waals surface area contributed by atoms with Crippen LogP contribution < -0.4 is 10.1 Å². The number of hydrogen-bond acceptors (Lipinski definition) is 5. The SMILES string of the molecule is Cc1ccccc1OCc1nnc(SCC(=O)NCC2CCCCC2)n1-c1ccccc1. The van der Waals surface area contributed by atoms with Crippen molar-refractivity contribution in [2.45, 2.75) is 50.8 Å². The molecule has 0 spiro atoms. The smallest absolute Gasteiger partial charge is 0.230 e. The first-order chi connectivity index (χ1) is 15.7. The van der Waals surface area contributed by atoms with Gasteiger partial charge in [0.1, 0.15) is 12.4 Å². The molecule has 1 amide bonds. The van der Waals surface area contributed by atoms with Crippen LogP contribution in [0.3, 0.4) is 0 Å². The lowest BCUT2D eigenvalue weighted by Gasteiger charge is -2.21. The molecule has 1 saturated carbocycles. The van der Waals surface area contributed by atoms with Crippen LogP contribution in [-0.2, 0) is 11.4 Å². The second kappa shape index (κ2) is 11.2. The first kappa shape index (κ1) is 22.4. The summed E-state index contributed by atoms with van der Waals surface area (Å²) in [6.07, 6.45) is 6.33. The molecular formula is C25H30N4O2S. The molecule has 0 unspecified atom stereocenters. The molecule has 0 aliphatic heterocycles. The van der Waals surface area contributed by atoms with E-state index >= 15 is 0 Å². The van der Waals surface area contributed by atoms with Gasteiger partial charge in [-0.25, -0.2) is 0 Å². The number of carbonyl (C=O) groups is 1. The monoisotopic (exact) mass is 450 g/mol. The van der Waals surface area contributed by atoms with Crippen molar-refractivity contribution < 1.29 is 9.53 Å². The van der Waals surface area contributed by atoms with Crippen LogP contribution in [0.5, 0.6) is 5.75 Å². The minimum atomic E-state index is 0.0425. The van der Waals surface area contributed by atoms with E-state index in [1.807, 2.05) is 66.1 Å². The Bertz CT molecular complexity index is 1020. The Morgan fingerprint density at radius 1 is 1.06 bits per heavy atom. The number of thioether (sulfide) groups is 1. The minimum absolute atomic E-state index is 0.0425. The first-order valence-corrected chi connectivity index (χ1v) is 12.3. The van der Waals surface area contributed by atoms with Gasteiger partial charge in [0.25, 0.3) is 0 Å². The van der Waals surface area contributed by atoms with E-state index in [0.717, 1.165) is 23.5 Å². The Morgan fingerprint density at radius 2 is 1.81 bits per heavy atom. The summed E-state index contributed by atoms with van der Waals surface area (Å²) in [6.45, 7) is 3.09. The number of para-hydroxylation sites is 2. The number of aryl methyl sites for hydroxylation is 1. The summed E-state index contributed by atoms with van der Waals surface area (Å²) < 4.78 is 7.99. The van der Waals surface area contributed by atoms with Crippen LogP contribution in [0.1, 0.15) is 43.5 Å². The Balaban J connectivity index is 1.42. The Labute approximate surface area is 193 Å². The van der Waals surface area contributed by atoms with E-state index < -0.39 is 0 Å². The molecule has 168 valence electrons. The van der Waals surface area contributed by atoms with Gasteiger partial charge in [0.05, 0.1) is 5.75 Å². The minimum Gasteiger partial charge on any atom is -0.485 e. The number of nitrogens with one attached hydrogen (secondary N) is 1. The van der Waals surface area contributed by atoms with Crippen molar-refractivity contribution in [3.8, 4) is 11.4 Å². The van der Waals surface area contributed by atoms with Crippen LogP contribution in [0.15, 0.2) is 59.8 Å². The first-order valence-electron chi connectivity index (χ1n) is 11.3. The lowest BCUT2D eigenvalue weighted by atomic mass is 9.89. The quantitative estimate of drug-likeness (QED) is 0.468. The highest BCUT2D eigenvalue weighted by Gasteiger charge is 2.18. The maximum Gasteiger partial charge on any atom is 0.230 e. The molecule has 1 aliphatic rings. The summed E-state index contributed by atoms with van der Waals surface area (Å²) in [4.78, 5) is 12.4. The standard InChI is InChI=1S/C25H30N4O2S/c1-19-10-8-9-15-22(19)31-17-23-27-28-25(29(23)21-13-6-3-7-14-21)32-18-24(30)26-16-20-11-4-2-5-12-20/h3,6-10,13-15,20H,2,4-5,11-12,16-18H2,1H3,(H,26,30). The van der Waals surface area contributed by atoms with Gasteiger partial charge in [0.15, 0.2) is 11.0 Å². The van der Waals surface area contributed by atoms with Gasteiger partial charge in [-0.3, -0.25) is 9.36 Å². The molecule has 4 rings (SSSR count). The van der Waals surface area contributed by atoms with Crippen LogP contribution in [0.25, 0.3) is 5.69 Å². The number of hydrogen-bond donors (Lipinski definition) is 1. The fraction of sp³-hybridized carbons (Fsp3) is 0.400. The van der Waals surface area contributed by atoms with E-state index in [-0.39, 0.29) is 5.91 Å². The molecule has 32 heavy (non-hydrogen) atoms. The maximum absolute atomic E-state index is 12.4. The van der Waals surface area contributed by atoms with Crippen molar-refractivity contribution in [3.63, 3.8) is 0 Å². The average molecular weight is 451 g/mol. The predicted molar refractivity (Wildman–Crippen MR) is 127 cm³/mol. The third-order valence-corrected chi connectivity index (χ3v) is 6.74. The molecule has 1 N–H and O–H groups in total. The fourth-order valence-electron chi connectivity index (χ4n) is 4.01. The summed E-state index contributed by atoms with van der Waals surface area (Å²) in [6, 6.07) is 17.9. The van der Waals surface area contributed by atoms with Gasteiger partial charge >= 0.3 is 0 Å². The third-order valence-electron chi connectivity index (χ3n) is 5.81. The summed E-state index contributed by atoms with van der Waals surface area (Å²) >= 11 is 1.40. The summed E-state index contributed by atoms with van der Waals surface area (Å²) in [5.41, 5.74) is 2.02. The van der Waals surface area contributed by atoms with Crippen LogP contribution in [0, 0.1) is 12.8 Å². The van der Waals surface area contributed by atoms with Gasteiger partial charge in [-0.05, 0) is 49.4 Å². The van der Waals surface area contributed by atoms with E-state index in [1.165, 1.54) is 43.9 Å². The molecule has 1 aromatic heterocycles. The third kappa shape index (κ3) is 5.91. The Hall–Kier alpha value is -2.80. The van der Waals surface area contributed by atoms with E-state index in [0.29, 0.717) is 29.3 Å². The Morgan fingerprint density at radius 3 is 2.59 bits per heavy atom. The van der Waals surface area contributed by atoms with Crippen LogP contribution in [0.2, 0.25) is 0 Å². The zero-order valence-electron chi connectivity index (χ0n) is 18.5. The molecule has 0 saturated heterocycles. The Kier molecular flexibility index (Phi) is 7.82. The lowest BCUT2D eigenvalue weighted by molar-refractivity contribution is -0.118. The molecule has 1 heterocycles. The van der Waals surface area contributed by atoms with Crippen molar-refractivity contribution in [1.82, 2.24) is 20.1 Å². The summed E-state index contributed by atoms with van der Waals surface area (Å²) in [5, 5.41) is 12.5. The van der Waals surface area contributed by atoms with E-state index in [2.05, 4.69) is 15.5 Å². The highest BCUT2D eigenvalue weighted by molar-refractivity contribution is 7.99. The topological polar surface area (TPSA) is 69.0 Å². The highest BCUT2D eigenvalue weighted by atomic mass is 32.2. The van der Waals surface area contributed by atoms with Gasteiger partial charge in [0, 0.05) is 12.2 Å². The predicted octanol–water partition coefficient (Wildman–Crippen LogP) is 4.94. The zero-order chi connectivity index (χ0) is 22.2. The van der Waals surface area contributed by atoms with Crippen molar-refractivity contribution in [2.24, 2.45) is 5.92 Å². The highest BCUT2D eigenvalue weighted by Crippen LogP contribution is 2.25. The summed E-state index contributed by atoms with van der Waals surface area (Å²) in [5.74, 6) is 2.50. The molecule has 0 radical (unpaired) electrons. The van der Waals surface area contributed by atoms with Crippen LogP contribution >= 0.6 is 11.8 Å². The molecule has 3 aromatic rings. The molecule has 0 atom stereocenters. The second-order valence-electron chi connectivity index (χ2n) is 8.22. The van der Waals surface area contributed by atoms with Gasteiger partial charge in [-0.1, -0.05) is 67.4 Å². The van der Waals surface area contributed by atoms with E-state index in [1.54, 1.807) is 0 Å². The van der Waals surface area contributed by atoms with E-state index in [9.17, 15) is 4.79 Å². The number of ether oxygens (including phenoxy) is 1. The molecule has 1 aliphatic carbocycles. The van der Waals surface area contributed by atoms with Crippen LogP contribution in [-0.4, -0.2) is 33.0 Å². The second-order valence-corrected chi connectivity index (χ2v) is 9.16. The number of amides is 1. The number of benzene rings is 2. The lowest BCUT2D eigenvalue weighted by Crippen LogP contribution is -2.31. The van der Waals surface area contributed by atoms with Crippen LogP contribution in [0.4, 0.5) is 0 Å². The molecule has 0 bridgehead atoms.